The molecule has 4 rings (SSSR count). The quantitative estimate of drug-likeness (QED) is 0.927. The maximum atomic E-state index is 5.41. The van der Waals surface area contributed by atoms with E-state index in [0.717, 1.165) is 23.2 Å². The highest BCUT2D eigenvalue weighted by atomic mass is 16.5. The largest absolute Gasteiger partial charge is 0.497 e. The van der Waals surface area contributed by atoms with Gasteiger partial charge in [0, 0.05) is 22.3 Å². The number of nitrogens with one attached hydrogen (secondary N) is 1. The summed E-state index contributed by atoms with van der Waals surface area (Å²) >= 11 is 0. The van der Waals surface area contributed by atoms with E-state index in [2.05, 4.69) is 30.1 Å². The molecule has 0 radical (unpaired) electrons. The van der Waals surface area contributed by atoms with Crippen LogP contribution in [0.25, 0.3) is 16.5 Å². The zero-order valence-corrected chi connectivity index (χ0v) is 13.5. The highest BCUT2D eigenvalue weighted by Crippen LogP contribution is 2.26. The smallest absolute Gasteiger partial charge is 0.134 e. The lowest BCUT2D eigenvalue weighted by molar-refractivity contribution is 0.415. The fraction of sp³-hybridized carbons (Fsp3) is 0.368. The van der Waals surface area contributed by atoms with Gasteiger partial charge in [0.15, 0.2) is 0 Å². The van der Waals surface area contributed by atoms with Crippen molar-refractivity contribution < 1.29 is 4.74 Å². The summed E-state index contributed by atoms with van der Waals surface area (Å²) in [4.78, 5) is 13.1. The molecule has 2 aromatic rings. The number of unbranched alkanes of at least 4 members (excludes halogenated alkanes) is 1. The van der Waals surface area contributed by atoms with E-state index >= 15 is 0 Å². The van der Waals surface area contributed by atoms with Gasteiger partial charge in [-0.15, -0.1) is 0 Å². The molecule has 0 bridgehead atoms. The van der Waals surface area contributed by atoms with Crippen LogP contribution in [0.15, 0.2) is 40.3 Å². The third-order valence-electron chi connectivity index (χ3n) is 4.71. The minimum absolute atomic E-state index is 0.120. The predicted molar refractivity (Wildman–Crippen MR) is 93.8 cm³/mol. The van der Waals surface area contributed by atoms with E-state index in [4.69, 9.17) is 14.7 Å². The van der Waals surface area contributed by atoms with E-state index in [9.17, 15) is 0 Å². The highest BCUT2D eigenvalue weighted by Gasteiger charge is 2.28. The number of hydrogen-bond acceptors (Lipinski definition) is 3. The summed E-state index contributed by atoms with van der Waals surface area (Å²) in [5.74, 6) is 0.878. The number of aromatic amines is 1. The Morgan fingerprint density at radius 1 is 1.30 bits per heavy atom. The maximum absolute atomic E-state index is 5.41. The lowest BCUT2D eigenvalue weighted by atomic mass is 9.90. The van der Waals surface area contributed by atoms with E-state index < -0.39 is 0 Å². The molecule has 1 aromatic heterocycles. The predicted octanol–water partition coefficient (Wildman–Crippen LogP) is 2.53. The number of ether oxygens (including phenoxy) is 1. The third kappa shape index (κ3) is 2.29. The van der Waals surface area contributed by atoms with Crippen LogP contribution in [-0.4, -0.2) is 30.4 Å². The molecule has 2 aliphatic rings. The Hall–Kier alpha value is -2.36. The summed E-state index contributed by atoms with van der Waals surface area (Å²) in [6, 6.07) is 6.43. The van der Waals surface area contributed by atoms with Gasteiger partial charge in [0.05, 0.1) is 19.2 Å². The molecule has 0 saturated heterocycles. The number of methoxy groups -OCH3 is 1. The average molecular weight is 307 g/mol. The first-order chi connectivity index (χ1) is 11.3. The second-order valence-electron chi connectivity index (χ2n) is 6.14. The van der Waals surface area contributed by atoms with Crippen molar-refractivity contribution in [1.29, 1.82) is 0 Å². The zero-order valence-electron chi connectivity index (χ0n) is 13.5. The van der Waals surface area contributed by atoms with Gasteiger partial charge >= 0.3 is 0 Å². The van der Waals surface area contributed by atoms with Crippen molar-refractivity contribution in [3.05, 3.63) is 41.1 Å². The van der Waals surface area contributed by atoms with Crippen molar-refractivity contribution in [1.82, 2.24) is 4.98 Å². The first-order valence-corrected chi connectivity index (χ1v) is 8.28. The Labute approximate surface area is 135 Å². The van der Waals surface area contributed by atoms with Gasteiger partial charge in [-0.3, -0.25) is 9.98 Å². The molecule has 2 aliphatic heterocycles. The van der Waals surface area contributed by atoms with Crippen molar-refractivity contribution in [3.63, 3.8) is 0 Å². The molecule has 1 aromatic carbocycles. The number of dihydropyridines is 1. The summed E-state index contributed by atoms with van der Waals surface area (Å²) in [6.07, 6.45) is 9.47. The molecule has 4 nitrogen and oxygen atoms in total. The second-order valence-corrected chi connectivity index (χ2v) is 6.14. The molecule has 0 spiro atoms. The Morgan fingerprint density at radius 3 is 3.04 bits per heavy atom. The number of hydrogen-bond donors (Lipinski definition) is 1. The van der Waals surface area contributed by atoms with Gasteiger partial charge in [-0.05, 0) is 42.7 Å². The fourth-order valence-corrected chi connectivity index (χ4v) is 3.55. The van der Waals surface area contributed by atoms with Crippen LogP contribution in [0.4, 0.5) is 0 Å². The van der Waals surface area contributed by atoms with Gasteiger partial charge in [0.2, 0.25) is 0 Å². The van der Waals surface area contributed by atoms with Crippen LogP contribution < -0.4 is 15.4 Å². The molecule has 3 heterocycles. The Bertz CT molecular complexity index is 920. The first kappa shape index (κ1) is 14.2. The van der Waals surface area contributed by atoms with Crippen molar-refractivity contribution in [2.45, 2.75) is 38.3 Å². The summed E-state index contributed by atoms with van der Waals surface area (Å²) in [5.41, 5.74) is 3.50. The SMILES string of the molecule is CCCCC1=c2c([nH]c3ccc(OC)cc23)=NC2C=CC=NC12. The minimum Gasteiger partial charge on any atom is -0.497 e. The number of rotatable bonds is 4. The summed E-state index contributed by atoms with van der Waals surface area (Å²) < 4.78 is 5.41. The van der Waals surface area contributed by atoms with Crippen LogP contribution >= 0.6 is 0 Å². The lowest BCUT2D eigenvalue weighted by Gasteiger charge is -2.25. The fourth-order valence-electron chi connectivity index (χ4n) is 3.55. The van der Waals surface area contributed by atoms with E-state index in [1.165, 1.54) is 29.0 Å². The molecule has 0 aliphatic carbocycles. The Kier molecular flexibility index (Phi) is 3.52. The molecular weight excluding hydrogens is 286 g/mol. The maximum Gasteiger partial charge on any atom is 0.134 e. The molecule has 1 N–H and O–H groups in total. The van der Waals surface area contributed by atoms with Crippen LogP contribution in [0.3, 0.4) is 0 Å². The van der Waals surface area contributed by atoms with Gasteiger partial charge in [-0.2, -0.15) is 0 Å². The molecule has 2 unspecified atom stereocenters. The lowest BCUT2D eigenvalue weighted by Crippen LogP contribution is -2.41. The van der Waals surface area contributed by atoms with Gasteiger partial charge in [-0.25, -0.2) is 0 Å². The molecule has 0 saturated carbocycles. The molecule has 2 atom stereocenters. The number of H-pyrrole nitrogens is 1. The van der Waals surface area contributed by atoms with E-state index in [1.807, 2.05) is 18.4 Å². The number of benzene rings is 1. The number of aromatic nitrogens is 1. The topological polar surface area (TPSA) is 49.7 Å². The summed E-state index contributed by atoms with van der Waals surface area (Å²) in [7, 11) is 1.71. The third-order valence-corrected chi connectivity index (χ3v) is 4.71. The molecule has 4 heteroatoms. The molecule has 118 valence electrons. The molecule has 23 heavy (non-hydrogen) atoms. The summed E-state index contributed by atoms with van der Waals surface area (Å²) in [5, 5.41) is 2.43. The van der Waals surface area contributed by atoms with Gasteiger partial charge in [0.1, 0.15) is 11.2 Å². The van der Waals surface area contributed by atoms with E-state index in [0.29, 0.717) is 0 Å². The zero-order chi connectivity index (χ0) is 15.8. The molecular formula is C19H21N3O. The average Bonchev–Trinajstić information content (AvgIpc) is 2.95. The number of aliphatic imine (C=N–C) groups is 1. The molecule has 0 fully saturated rings. The van der Waals surface area contributed by atoms with Crippen LogP contribution in [0, 0.1) is 0 Å². The van der Waals surface area contributed by atoms with E-state index in [1.54, 1.807) is 7.11 Å². The monoisotopic (exact) mass is 307 g/mol. The first-order valence-electron chi connectivity index (χ1n) is 8.28. The molecule has 0 amide bonds. The van der Waals surface area contributed by atoms with Crippen molar-refractivity contribution in [2.75, 3.05) is 7.11 Å². The van der Waals surface area contributed by atoms with Crippen molar-refractivity contribution >= 4 is 22.7 Å². The number of fused-ring (bicyclic) bond motifs is 4. The van der Waals surface area contributed by atoms with Gasteiger partial charge in [0.25, 0.3) is 0 Å². The Morgan fingerprint density at radius 2 is 2.22 bits per heavy atom. The normalized spacial score (nSPS) is 21.9. The second kappa shape index (κ2) is 5.69. The van der Waals surface area contributed by atoms with Crippen LogP contribution in [-0.2, 0) is 0 Å². The van der Waals surface area contributed by atoms with Crippen LogP contribution in [0.2, 0.25) is 0 Å². The highest BCUT2D eigenvalue weighted by molar-refractivity contribution is 5.85. The number of nitrogens with zero attached hydrogens (tertiary/aromatic N) is 2. The summed E-state index contributed by atoms with van der Waals surface area (Å²) in [6.45, 7) is 2.23. The van der Waals surface area contributed by atoms with Crippen molar-refractivity contribution in [2.24, 2.45) is 9.98 Å². The Balaban J connectivity index is 2.04. The van der Waals surface area contributed by atoms with Gasteiger partial charge in [-0.1, -0.05) is 19.4 Å². The van der Waals surface area contributed by atoms with Crippen LogP contribution in [0.5, 0.6) is 5.75 Å². The minimum atomic E-state index is 0.120. The number of allylic oxidation sites excluding steroid dienone is 1. The van der Waals surface area contributed by atoms with E-state index in [-0.39, 0.29) is 12.1 Å². The van der Waals surface area contributed by atoms with Crippen LogP contribution in [0.1, 0.15) is 26.2 Å². The van der Waals surface area contributed by atoms with Crippen molar-refractivity contribution in [3.8, 4) is 5.75 Å². The standard InChI is InChI=1S/C19H21N3O/c1-3-4-6-13-17-14-11-12(23-2)8-9-15(14)21-19(17)22-16-7-5-10-20-18(13)16/h5,7-11,16,18H,3-4,6H2,1-2H3,(H,21,22). The van der Waals surface area contributed by atoms with Gasteiger partial charge < -0.3 is 9.72 Å².